The van der Waals surface area contributed by atoms with Gasteiger partial charge >= 0.3 is 0 Å². The Balaban J connectivity index is 1.17. The topological polar surface area (TPSA) is 3.24 Å². The molecule has 0 amide bonds. The molecule has 13 aromatic rings. The fraction of sp³-hybridized carbons (Fsp3) is 0. The van der Waals surface area contributed by atoms with E-state index in [-0.39, 0.29) is 0 Å². The molecule has 0 radical (unpaired) electrons. The summed E-state index contributed by atoms with van der Waals surface area (Å²) in [6.07, 6.45) is 0. The van der Waals surface area contributed by atoms with Crippen LogP contribution in [0.15, 0.2) is 212 Å². The standard InChI is InChI=1S/C58H35N/c1-3-17-45-36(11-1)13-7-21-46(45)37-29-31-43(32-30-37)59(54-34-41-12-2-4-18-47(41)48-19-5-6-20-49(48)54)44-33-42-28-27-40-15-9-23-51-50-22-8-14-38-25-26-39-16-10-24-52(57(39)55(38)50)53(35-44)58(42)56(40)51/h1-35H. The molecule has 0 aliphatic heterocycles. The normalized spacial score (nSPS) is 12.1. The van der Waals surface area contributed by atoms with Crippen LogP contribution >= 0.6 is 0 Å². The van der Waals surface area contributed by atoms with E-state index in [9.17, 15) is 0 Å². The van der Waals surface area contributed by atoms with E-state index in [1.54, 1.807) is 0 Å². The Labute approximate surface area is 340 Å². The maximum atomic E-state index is 2.50. The van der Waals surface area contributed by atoms with Crippen molar-refractivity contribution in [1.82, 2.24) is 0 Å². The van der Waals surface area contributed by atoms with E-state index >= 15 is 0 Å². The molecular formula is C58H35N. The van der Waals surface area contributed by atoms with E-state index in [0.29, 0.717) is 0 Å². The van der Waals surface area contributed by atoms with E-state index in [1.807, 2.05) is 0 Å². The Morgan fingerprint density at radius 1 is 0.237 bits per heavy atom. The van der Waals surface area contributed by atoms with Crippen LogP contribution in [-0.4, -0.2) is 0 Å². The number of anilines is 3. The molecule has 59 heavy (non-hydrogen) atoms. The lowest BCUT2D eigenvalue weighted by molar-refractivity contribution is 1.31. The van der Waals surface area contributed by atoms with Gasteiger partial charge in [0.2, 0.25) is 0 Å². The quantitative estimate of drug-likeness (QED) is 0.162. The highest BCUT2D eigenvalue weighted by molar-refractivity contribution is 6.37. The smallest absolute Gasteiger partial charge is 0.0546 e. The SMILES string of the molecule is c1ccc2c(-c3ccc(N(c4cc5ccc6cccc7c8cccc9ccc%10cccc(c(c4)c5c67)c%10c98)c4cc5ccccc5c5ccccc45)cc3)cccc2c1. The van der Waals surface area contributed by atoms with Crippen molar-refractivity contribution in [2.75, 3.05) is 4.90 Å². The Kier molecular flexibility index (Phi) is 6.79. The van der Waals surface area contributed by atoms with Crippen molar-refractivity contribution in [1.29, 1.82) is 0 Å². The van der Waals surface area contributed by atoms with Crippen LogP contribution in [0.25, 0.3) is 108 Å². The second-order valence-corrected chi connectivity index (χ2v) is 16.0. The van der Waals surface area contributed by atoms with Crippen LogP contribution in [0.4, 0.5) is 17.1 Å². The number of rotatable bonds is 4. The zero-order valence-electron chi connectivity index (χ0n) is 32.2. The summed E-state index contributed by atoms with van der Waals surface area (Å²) < 4.78 is 0. The van der Waals surface area contributed by atoms with Crippen molar-refractivity contribution in [2.24, 2.45) is 0 Å². The Morgan fingerprint density at radius 3 is 1.39 bits per heavy atom. The molecule has 0 atom stereocenters. The molecular weight excluding hydrogens is 711 g/mol. The van der Waals surface area contributed by atoms with Crippen LogP contribution < -0.4 is 4.90 Å². The molecule has 0 aromatic heterocycles. The van der Waals surface area contributed by atoms with Gasteiger partial charge in [0.1, 0.15) is 0 Å². The summed E-state index contributed by atoms with van der Waals surface area (Å²) in [6, 6.07) is 79.2. The molecule has 13 rings (SSSR count). The van der Waals surface area contributed by atoms with Gasteiger partial charge in [0.05, 0.1) is 5.69 Å². The Hall–Kier alpha value is -7.74. The first-order chi connectivity index (χ1) is 29.3. The molecule has 13 aromatic carbocycles. The molecule has 0 aliphatic rings. The van der Waals surface area contributed by atoms with Crippen LogP contribution in [0.5, 0.6) is 0 Å². The maximum absolute atomic E-state index is 2.50. The van der Waals surface area contributed by atoms with Crippen LogP contribution in [0.2, 0.25) is 0 Å². The van der Waals surface area contributed by atoms with E-state index in [1.165, 1.54) is 108 Å². The maximum Gasteiger partial charge on any atom is 0.0546 e. The molecule has 1 nitrogen and oxygen atoms in total. The fourth-order valence-corrected chi connectivity index (χ4v) is 10.3. The average Bonchev–Trinajstić information content (AvgIpc) is 3.30. The molecule has 272 valence electrons. The monoisotopic (exact) mass is 745 g/mol. The third-order valence-electron chi connectivity index (χ3n) is 12.9. The number of benzene rings is 12. The minimum absolute atomic E-state index is 1.11. The summed E-state index contributed by atoms with van der Waals surface area (Å²) in [7, 11) is 0. The van der Waals surface area contributed by atoms with Gasteiger partial charge in [0, 0.05) is 16.8 Å². The molecule has 0 saturated carbocycles. The third kappa shape index (κ3) is 4.73. The third-order valence-corrected chi connectivity index (χ3v) is 12.9. The first-order valence-corrected chi connectivity index (χ1v) is 20.5. The van der Waals surface area contributed by atoms with Crippen molar-refractivity contribution < 1.29 is 0 Å². The lowest BCUT2D eigenvalue weighted by Crippen LogP contribution is -2.11. The van der Waals surface area contributed by atoms with Crippen molar-refractivity contribution in [3.8, 4) is 11.1 Å². The summed E-state index contributed by atoms with van der Waals surface area (Å²) in [6.45, 7) is 0. The van der Waals surface area contributed by atoms with Gasteiger partial charge in [-0.05, 0) is 133 Å². The fourth-order valence-electron chi connectivity index (χ4n) is 10.3. The zero-order chi connectivity index (χ0) is 38.6. The number of nitrogens with zero attached hydrogens (tertiary/aromatic N) is 1. The van der Waals surface area contributed by atoms with Crippen molar-refractivity contribution in [3.63, 3.8) is 0 Å². The molecule has 0 aliphatic carbocycles. The molecule has 0 unspecified atom stereocenters. The van der Waals surface area contributed by atoms with Crippen molar-refractivity contribution >= 4 is 114 Å². The molecule has 0 fully saturated rings. The van der Waals surface area contributed by atoms with Gasteiger partial charge in [-0.25, -0.2) is 0 Å². The van der Waals surface area contributed by atoms with Crippen molar-refractivity contribution in [3.05, 3.63) is 212 Å². The second kappa shape index (κ2) is 12.4. The summed E-state index contributed by atoms with van der Waals surface area (Å²) in [4.78, 5) is 2.50. The number of fused-ring (bicyclic) bond motifs is 6. The first-order valence-electron chi connectivity index (χ1n) is 20.5. The van der Waals surface area contributed by atoms with Gasteiger partial charge in [-0.3, -0.25) is 0 Å². The predicted octanol–water partition coefficient (Wildman–Crippen LogP) is 16.6. The number of hydrogen-bond acceptors (Lipinski definition) is 1. The molecule has 0 saturated heterocycles. The highest BCUT2D eigenvalue weighted by Gasteiger charge is 2.21. The van der Waals surface area contributed by atoms with E-state index in [4.69, 9.17) is 0 Å². The molecule has 0 spiro atoms. The van der Waals surface area contributed by atoms with Crippen LogP contribution in [0.3, 0.4) is 0 Å². The van der Waals surface area contributed by atoms with Crippen LogP contribution in [0.1, 0.15) is 0 Å². The van der Waals surface area contributed by atoms with Gasteiger partial charge in [0.25, 0.3) is 0 Å². The summed E-state index contributed by atoms with van der Waals surface area (Å²) in [5.41, 5.74) is 5.83. The Morgan fingerprint density at radius 2 is 0.712 bits per heavy atom. The van der Waals surface area contributed by atoms with Gasteiger partial charge in [0.15, 0.2) is 0 Å². The summed E-state index contributed by atoms with van der Waals surface area (Å²) in [5, 5.41) is 22.8. The van der Waals surface area contributed by atoms with Gasteiger partial charge < -0.3 is 4.90 Å². The lowest BCUT2D eigenvalue weighted by atomic mass is 9.87. The molecule has 0 heterocycles. The Bertz CT molecular complexity index is 3830. The van der Waals surface area contributed by atoms with Gasteiger partial charge in [-0.15, -0.1) is 0 Å². The average molecular weight is 746 g/mol. The van der Waals surface area contributed by atoms with Crippen LogP contribution in [0, 0.1) is 0 Å². The van der Waals surface area contributed by atoms with E-state index in [0.717, 1.165) is 17.1 Å². The van der Waals surface area contributed by atoms with Gasteiger partial charge in [-0.2, -0.15) is 0 Å². The largest absolute Gasteiger partial charge is 0.310 e. The van der Waals surface area contributed by atoms with E-state index in [2.05, 4.69) is 217 Å². The van der Waals surface area contributed by atoms with Crippen LogP contribution in [-0.2, 0) is 0 Å². The molecule has 1 heteroatoms. The second-order valence-electron chi connectivity index (χ2n) is 16.0. The minimum Gasteiger partial charge on any atom is -0.310 e. The lowest BCUT2D eigenvalue weighted by Gasteiger charge is -2.29. The van der Waals surface area contributed by atoms with E-state index < -0.39 is 0 Å². The van der Waals surface area contributed by atoms with Gasteiger partial charge in [-0.1, -0.05) is 182 Å². The van der Waals surface area contributed by atoms with Crippen molar-refractivity contribution in [2.45, 2.75) is 0 Å². The zero-order valence-corrected chi connectivity index (χ0v) is 32.2. The molecule has 0 N–H and O–H groups in total. The highest BCUT2D eigenvalue weighted by atomic mass is 15.1. The predicted molar refractivity (Wildman–Crippen MR) is 255 cm³/mol. The first kappa shape index (κ1) is 32.4. The minimum atomic E-state index is 1.11. The number of hydrogen-bond donors (Lipinski definition) is 0. The summed E-state index contributed by atoms with van der Waals surface area (Å²) >= 11 is 0. The summed E-state index contributed by atoms with van der Waals surface area (Å²) in [5.74, 6) is 0. The highest BCUT2D eigenvalue weighted by Crippen LogP contribution is 2.48. The molecule has 0 bridgehead atoms.